The number of anilines is 1. The van der Waals surface area contributed by atoms with Crippen molar-refractivity contribution in [3.8, 4) is 0 Å². The average molecular weight is 446 g/mol. The monoisotopic (exact) mass is 446 g/mol. The number of aromatic amines is 1. The summed E-state index contributed by atoms with van der Waals surface area (Å²) in [5, 5.41) is 10.5. The number of fused-ring (bicyclic) bond motifs is 1. The van der Waals surface area contributed by atoms with Crippen LogP contribution in [0.5, 0.6) is 0 Å². The summed E-state index contributed by atoms with van der Waals surface area (Å²) in [5.74, 6) is -0.548. The molecule has 3 heterocycles. The Kier molecular flexibility index (Phi) is 6.08. The number of alkyl halides is 3. The van der Waals surface area contributed by atoms with Crippen LogP contribution < -0.4 is 5.32 Å². The number of aromatic nitrogens is 3. The van der Waals surface area contributed by atoms with E-state index in [0.717, 1.165) is 0 Å². The minimum atomic E-state index is -4.25. The van der Waals surface area contributed by atoms with E-state index in [9.17, 15) is 22.8 Å². The van der Waals surface area contributed by atoms with E-state index in [0.29, 0.717) is 22.3 Å². The molecule has 1 aromatic carbocycles. The van der Waals surface area contributed by atoms with E-state index >= 15 is 0 Å². The normalized spacial score (nSPS) is 15.2. The van der Waals surface area contributed by atoms with Gasteiger partial charge in [-0.1, -0.05) is 6.07 Å². The molecule has 11 heteroatoms. The first-order valence-electron chi connectivity index (χ1n) is 10.0. The maximum atomic E-state index is 12.7. The van der Waals surface area contributed by atoms with Crippen molar-refractivity contribution in [3.05, 3.63) is 54.0 Å². The van der Waals surface area contributed by atoms with E-state index in [2.05, 4.69) is 20.5 Å². The number of carbonyl (C=O) groups is 2. The third-order valence-electron chi connectivity index (χ3n) is 5.24. The molecule has 0 spiro atoms. The molecular formula is C21H21F3N6O2. The van der Waals surface area contributed by atoms with Crippen molar-refractivity contribution in [2.75, 3.05) is 38.0 Å². The fraction of sp³-hybridized carbons (Fsp3) is 0.333. The second-order valence-electron chi connectivity index (χ2n) is 7.55. The lowest BCUT2D eigenvalue weighted by molar-refractivity contribution is -0.151. The molecule has 32 heavy (non-hydrogen) atoms. The number of benzene rings is 1. The summed E-state index contributed by atoms with van der Waals surface area (Å²) in [6.45, 7) is -0.122. The zero-order chi connectivity index (χ0) is 22.7. The molecular weight excluding hydrogens is 425 g/mol. The number of pyridine rings is 1. The number of piperazine rings is 1. The Morgan fingerprint density at radius 1 is 1.09 bits per heavy atom. The minimum Gasteiger partial charge on any atom is -0.340 e. The third kappa shape index (κ3) is 5.22. The fourth-order valence-electron chi connectivity index (χ4n) is 3.64. The molecule has 2 N–H and O–H groups in total. The summed E-state index contributed by atoms with van der Waals surface area (Å²) in [7, 11) is 0. The van der Waals surface area contributed by atoms with Crippen molar-refractivity contribution in [2.45, 2.75) is 12.6 Å². The smallest absolute Gasteiger partial charge is 0.340 e. The van der Waals surface area contributed by atoms with Crippen LogP contribution in [-0.2, 0) is 11.2 Å². The summed E-state index contributed by atoms with van der Waals surface area (Å²) < 4.78 is 37.6. The quantitative estimate of drug-likeness (QED) is 0.628. The molecule has 2 aromatic heterocycles. The van der Waals surface area contributed by atoms with Crippen LogP contribution in [0.1, 0.15) is 16.2 Å². The Bertz CT molecular complexity index is 1110. The third-order valence-corrected chi connectivity index (χ3v) is 5.24. The standard InChI is InChI=1S/C21H21F3N6O2/c22-21(23,24)13-29-7-9-30(10-8-29)19(31)12-18-15-11-14(4-5-16(15)27-28-18)26-20(32)17-3-1-2-6-25-17/h1-6,11H,7-10,12-13H2,(H,26,32)(H,27,28). The van der Waals surface area contributed by atoms with Gasteiger partial charge < -0.3 is 10.2 Å². The molecule has 0 unspecified atom stereocenters. The van der Waals surface area contributed by atoms with E-state index in [1.165, 1.54) is 11.1 Å². The molecule has 168 valence electrons. The molecule has 0 saturated carbocycles. The largest absolute Gasteiger partial charge is 0.401 e. The lowest BCUT2D eigenvalue weighted by atomic mass is 10.1. The van der Waals surface area contributed by atoms with Crippen molar-refractivity contribution >= 4 is 28.4 Å². The van der Waals surface area contributed by atoms with Crippen LogP contribution in [0.15, 0.2) is 42.6 Å². The first kappa shape index (κ1) is 21.8. The number of amides is 2. The molecule has 1 aliphatic heterocycles. The van der Waals surface area contributed by atoms with Crippen molar-refractivity contribution in [3.63, 3.8) is 0 Å². The van der Waals surface area contributed by atoms with Crippen LogP contribution in [0.3, 0.4) is 0 Å². The van der Waals surface area contributed by atoms with E-state index < -0.39 is 12.7 Å². The average Bonchev–Trinajstić information content (AvgIpc) is 3.15. The van der Waals surface area contributed by atoms with Gasteiger partial charge in [0.05, 0.1) is 24.2 Å². The van der Waals surface area contributed by atoms with Gasteiger partial charge in [-0.15, -0.1) is 0 Å². The van der Waals surface area contributed by atoms with Crippen LogP contribution in [0.2, 0.25) is 0 Å². The zero-order valence-electron chi connectivity index (χ0n) is 17.0. The van der Waals surface area contributed by atoms with Gasteiger partial charge in [-0.2, -0.15) is 18.3 Å². The number of hydrogen-bond donors (Lipinski definition) is 2. The Labute approximate surface area is 181 Å². The number of H-pyrrole nitrogens is 1. The Balaban J connectivity index is 1.41. The van der Waals surface area contributed by atoms with Crippen molar-refractivity contribution < 1.29 is 22.8 Å². The van der Waals surface area contributed by atoms with Crippen LogP contribution in [0, 0.1) is 0 Å². The van der Waals surface area contributed by atoms with Crippen LogP contribution >= 0.6 is 0 Å². The molecule has 1 fully saturated rings. The van der Waals surface area contributed by atoms with Gasteiger partial charge in [0.1, 0.15) is 5.69 Å². The number of nitrogens with one attached hydrogen (secondary N) is 2. The summed E-state index contributed by atoms with van der Waals surface area (Å²) in [4.78, 5) is 31.9. The highest BCUT2D eigenvalue weighted by Gasteiger charge is 2.33. The van der Waals surface area contributed by atoms with Crippen molar-refractivity contribution in [2.24, 2.45) is 0 Å². The van der Waals surface area contributed by atoms with Crippen LogP contribution in [0.25, 0.3) is 10.9 Å². The molecule has 0 radical (unpaired) electrons. The van der Waals surface area contributed by atoms with Gasteiger partial charge in [0.25, 0.3) is 5.91 Å². The Hall–Kier alpha value is -3.47. The topological polar surface area (TPSA) is 94.2 Å². The van der Waals surface area contributed by atoms with E-state index in [1.807, 2.05) is 0 Å². The van der Waals surface area contributed by atoms with Crippen molar-refractivity contribution in [1.82, 2.24) is 25.0 Å². The second kappa shape index (κ2) is 8.95. The first-order valence-corrected chi connectivity index (χ1v) is 10.0. The van der Waals surface area contributed by atoms with Crippen molar-refractivity contribution in [1.29, 1.82) is 0 Å². The fourth-order valence-corrected chi connectivity index (χ4v) is 3.64. The predicted octanol–water partition coefficient (Wildman–Crippen LogP) is 2.46. The number of hydrogen-bond acceptors (Lipinski definition) is 5. The molecule has 4 rings (SSSR count). The number of rotatable bonds is 5. The van der Waals surface area contributed by atoms with Crippen LogP contribution in [0.4, 0.5) is 18.9 Å². The van der Waals surface area contributed by atoms with E-state index in [4.69, 9.17) is 0 Å². The molecule has 1 saturated heterocycles. The molecule has 0 aliphatic carbocycles. The number of nitrogens with zero attached hydrogens (tertiary/aromatic N) is 4. The first-order chi connectivity index (χ1) is 15.3. The van der Waals surface area contributed by atoms with Gasteiger partial charge >= 0.3 is 6.18 Å². The zero-order valence-corrected chi connectivity index (χ0v) is 17.0. The Morgan fingerprint density at radius 2 is 1.88 bits per heavy atom. The SMILES string of the molecule is O=C(Nc1ccc2n[nH]c(CC(=O)N3CCN(CC(F)(F)F)CC3)c2c1)c1ccccn1. The van der Waals surface area contributed by atoms with Gasteiger partial charge in [-0.3, -0.25) is 24.6 Å². The van der Waals surface area contributed by atoms with E-state index in [1.54, 1.807) is 41.3 Å². The summed E-state index contributed by atoms with van der Waals surface area (Å²) in [6.07, 6.45) is -2.68. The maximum Gasteiger partial charge on any atom is 0.401 e. The highest BCUT2D eigenvalue weighted by atomic mass is 19.4. The molecule has 2 amide bonds. The molecule has 0 bridgehead atoms. The molecule has 8 nitrogen and oxygen atoms in total. The lowest BCUT2D eigenvalue weighted by Crippen LogP contribution is -2.51. The summed E-state index contributed by atoms with van der Waals surface area (Å²) in [5.41, 5.74) is 2.03. The Morgan fingerprint density at radius 3 is 2.56 bits per heavy atom. The highest BCUT2D eigenvalue weighted by Crippen LogP contribution is 2.22. The number of carbonyl (C=O) groups excluding carboxylic acids is 2. The maximum absolute atomic E-state index is 12.7. The van der Waals surface area contributed by atoms with Gasteiger partial charge in [0.15, 0.2) is 0 Å². The highest BCUT2D eigenvalue weighted by molar-refractivity contribution is 6.04. The van der Waals surface area contributed by atoms with Gasteiger partial charge in [0.2, 0.25) is 5.91 Å². The van der Waals surface area contributed by atoms with E-state index in [-0.39, 0.29) is 50.1 Å². The van der Waals surface area contributed by atoms with Gasteiger partial charge in [-0.25, -0.2) is 0 Å². The molecule has 1 aliphatic rings. The summed E-state index contributed by atoms with van der Waals surface area (Å²) >= 11 is 0. The van der Waals surface area contributed by atoms with Gasteiger partial charge in [0, 0.05) is 43.4 Å². The second-order valence-corrected chi connectivity index (χ2v) is 7.55. The molecule has 0 atom stereocenters. The minimum absolute atomic E-state index is 0.0351. The van der Waals surface area contributed by atoms with Gasteiger partial charge in [-0.05, 0) is 30.3 Å². The molecule has 3 aromatic rings. The lowest BCUT2D eigenvalue weighted by Gasteiger charge is -2.35. The number of halogens is 3. The predicted molar refractivity (Wildman–Crippen MR) is 111 cm³/mol. The van der Waals surface area contributed by atoms with Crippen LogP contribution in [-0.4, -0.2) is 75.7 Å². The summed E-state index contributed by atoms with van der Waals surface area (Å²) in [6, 6.07) is 10.2.